The molecule has 1 heterocycles. The molecule has 0 aliphatic carbocycles. The van der Waals surface area contributed by atoms with Crippen LogP contribution in [0.3, 0.4) is 0 Å². The smallest absolute Gasteiger partial charge is 0.246 e. The van der Waals surface area contributed by atoms with Crippen LogP contribution in [0.5, 0.6) is 0 Å². The summed E-state index contributed by atoms with van der Waals surface area (Å²) in [5.74, 6) is 0.884. The van der Waals surface area contributed by atoms with Gasteiger partial charge in [0.25, 0.3) is 0 Å². The first kappa shape index (κ1) is 13.3. The number of carbonyl (C=O) groups is 1. The van der Waals surface area contributed by atoms with Crippen LogP contribution in [-0.4, -0.2) is 23.9 Å². The Morgan fingerprint density at radius 3 is 2.50 bits per heavy atom. The Kier molecular flexibility index (Phi) is 4.59. The molecule has 1 amide bonds. The number of nitrogens with zero attached hydrogens (tertiary/aromatic N) is 1. The predicted molar refractivity (Wildman–Crippen MR) is 78.2 cm³/mol. The monoisotopic (exact) mass is 307 g/mol. The molecule has 0 spiro atoms. The molecule has 1 aliphatic rings. The average Bonchev–Trinajstić information content (AvgIpc) is 2.38. The molecule has 0 saturated carbocycles. The Balaban J connectivity index is 1.92. The fourth-order valence-corrected chi connectivity index (χ4v) is 2.34. The third-order valence-corrected chi connectivity index (χ3v) is 3.91. The van der Waals surface area contributed by atoms with Crippen molar-refractivity contribution in [3.05, 3.63) is 40.4 Å². The molecule has 0 N–H and O–H groups in total. The lowest BCUT2D eigenvalue weighted by molar-refractivity contribution is -0.127. The molecule has 1 aliphatic heterocycles. The number of piperidine rings is 1. The summed E-state index contributed by atoms with van der Waals surface area (Å²) >= 11 is 3.39. The van der Waals surface area contributed by atoms with E-state index in [0.717, 1.165) is 41.9 Å². The van der Waals surface area contributed by atoms with Crippen LogP contribution in [0, 0.1) is 5.92 Å². The van der Waals surface area contributed by atoms with Gasteiger partial charge < -0.3 is 4.90 Å². The van der Waals surface area contributed by atoms with Crippen molar-refractivity contribution in [2.45, 2.75) is 19.8 Å². The Labute approximate surface area is 117 Å². The standard InChI is InChI=1S/C15H18BrNO/c1-12-8-10-17(11-9-12)15(18)7-4-13-2-5-14(16)6-3-13/h2-7,12H,8-11H2,1H3/b7-4+. The first-order chi connectivity index (χ1) is 8.65. The third-order valence-electron chi connectivity index (χ3n) is 3.38. The molecule has 0 bridgehead atoms. The Morgan fingerprint density at radius 1 is 1.28 bits per heavy atom. The second-order valence-electron chi connectivity index (χ2n) is 4.89. The van der Waals surface area contributed by atoms with Gasteiger partial charge in [0.15, 0.2) is 0 Å². The number of likely N-dealkylation sites (tertiary alicyclic amines) is 1. The first-order valence-electron chi connectivity index (χ1n) is 6.38. The van der Waals surface area contributed by atoms with E-state index in [1.54, 1.807) is 6.08 Å². The normalized spacial score (nSPS) is 17.3. The zero-order valence-corrected chi connectivity index (χ0v) is 12.2. The van der Waals surface area contributed by atoms with E-state index in [1.807, 2.05) is 35.2 Å². The zero-order chi connectivity index (χ0) is 13.0. The Hall–Kier alpha value is -1.09. The van der Waals surface area contributed by atoms with Crippen molar-refractivity contribution in [1.29, 1.82) is 0 Å². The number of hydrogen-bond acceptors (Lipinski definition) is 1. The number of benzene rings is 1. The van der Waals surface area contributed by atoms with Crippen molar-refractivity contribution in [3.8, 4) is 0 Å². The van der Waals surface area contributed by atoms with Gasteiger partial charge in [0.2, 0.25) is 5.91 Å². The maximum absolute atomic E-state index is 12.0. The van der Waals surface area contributed by atoms with Crippen LogP contribution in [0.2, 0.25) is 0 Å². The molecule has 18 heavy (non-hydrogen) atoms. The van der Waals surface area contributed by atoms with E-state index in [4.69, 9.17) is 0 Å². The fraction of sp³-hybridized carbons (Fsp3) is 0.400. The molecule has 1 fully saturated rings. The summed E-state index contributed by atoms with van der Waals surface area (Å²) in [5, 5.41) is 0. The third kappa shape index (κ3) is 3.70. The molecular formula is C15H18BrNO. The van der Waals surface area contributed by atoms with Crippen LogP contribution < -0.4 is 0 Å². The lowest BCUT2D eigenvalue weighted by atomic mass is 9.99. The van der Waals surface area contributed by atoms with E-state index in [9.17, 15) is 4.79 Å². The van der Waals surface area contributed by atoms with Crippen LogP contribution in [0.15, 0.2) is 34.8 Å². The van der Waals surface area contributed by atoms with Crippen LogP contribution in [0.25, 0.3) is 6.08 Å². The summed E-state index contributed by atoms with van der Waals surface area (Å²) in [5.41, 5.74) is 1.05. The predicted octanol–water partition coefficient (Wildman–Crippen LogP) is 3.72. The minimum Gasteiger partial charge on any atom is -0.339 e. The highest BCUT2D eigenvalue weighted by Crippen LogP contribution is 2.16. The van der Waals surface area contributed by atoms with E-state index >= 15 is 0 Å². The summed E-state index contributed by atoms with van der Waals surface area (Å²) in [7, 11) is 0. The second kappa shape index (κ2) is 6.19. The van der Waals surface area contributed by atoms with E-state index in [-0.39, 0.29) is 5.91 Å². The molecule has 0 atom stereocenters. The van der Waals surface area contributed by atoms with Crippen LogP contribution in [0.4, 0.5) is 0 Å². The molecule has 0 aromatic heterocycles. The largest absolute Gasteiger partial charge is 0.339 e. The lowest BCUT2D eigenvalue weighted by Gasteiger charge is -2.29. The molecule has 2 rings (SSSR count). The molecule has 2 nitrogen and oxygen atoms in total. The average molecular weight is 308 g/mol. The van der Waals surface area contributed by atoms with E-state index in [2.05, 4.69) is 22.9 Å². The van der Waals surface area contributed by atoms with Crippen LogP contribution in [0.1, 0.15) is 25.3 Å². The maximum atomic E-state index is 12.0. The number of carbonyl (C=O) groups excluding carboxylic acids is 1. The number of rotatable bonds is 2. The van der Waals surface area contributed by atoms with E-state index in [1.165, 1.54) is 0 Å². The quantitative estimate of drug-likeness (QED) is 0.763. The molecular weight excluding hydrogens is 290 g/mol. The minimum absolute atomic E-state index is 0.129. The van der Waals surface area contributed by atoms with Crippen molar-refractivity contribution in [1.82, 2.24) is 4.90 Å². The number of halogens is 1. The molecule has 0 radical (unpaired) electrons. The number of hydrogen-bond donors (Lipinski definition) is 0. The molecule has 1 saturated heterocycles. The molecule has 1 aromatic carbocycles. The number of amides is 1. The minimum atomic E-state index is 0.129. The zero-order valence-electron chi connectivity index (χ0n) is 10.6. The van der Waals surface area contributed by atoms with Crippen molar-refractivity contribution in [3.63, 3.8) is 0 Å². The molecule has 1 aromatic rings. The van der Waals surface area contributed by atoms with Gasteiger partial charge in [0, 0.05) is 23.6 Å². The maximum Gasteiger partial charge on any atom is 0.246 e. The molecule has 96 valence electrons. The summed E-state index contributed by atoms with van der Waals surface area (Å²) < 4.78 is 1.05. The van der Waals surface area contributed by atoms with Crippen LogP contribution in [-0.2, 0) is 4.79 Å². The highest BCUT2D eigenvalue weighted by molar-refractivity contribution is 9.10. The summed E-state index contributed by atoms with van der Waals surface area (Å²) in [6.45, 7) is 4.04. The fourth-order valence-electron chi connectivity index (χ4n) is 2.08. The van der Waals surface area contributed by atoms with Gasteiger partial charge in [-0.05, 0) is 42.5 Å². The van der Waals surface area contributed by atoms with Gasteiger partial charge in [-0.15, -0.1) is 0 Å². The van der Waals surface area contributed by atoms with Crippen molar-refractivity contribution in [2.75, 3.05) is 13.1 Å². The highest BCUT2D eigenvalue weighted by Gasteiger charge is 2.18. The highest BCUT2D eigenvalue weighted by atomic mass is 79.9. The van der Waals surface area contributed by atoms with Crippen molar-refractivity contribution < 1.29 is 4.79 Å². The first-order valence-corrected chi connectivity index (χ1v) is 7.17. The van der Waals surface area contributed by atoms with E-state index < -0.39 is 0 Å². The van der Waals surface area contributed by atoms with Crippen molar-refractivity contribution in [2.24, 2.45) is 5.92 Å². The Bertz CT molecular complexity index is 430. The van der Waals surface area contributed by atoms with Crippen molar-refractivity contribution >= 4 is 27.9 Å². The SMILES string of the molecule is CC1CCN(C(=O)/C=C/c2ccc(Br)cc2)CC1. The van der Waals surface area contributed by atoms with Gasteiger partial charge >= 0.3 is 0 Å². The van der Waals surface area contributed by atoms with Gasteiger partial charge in [-0.2, -0.15) is 0 Å². The van der Waals surface area contributed by atoms with Crippen LogP contribution >= 0.6 is 15.9 Å². The Morgan fingerprint density at radius 2 is 1.89 bits per heavy atom. The van der Waals surface area contributed by atoms with Gasteiger partial charge in [-0.1, -0.05) is 35.0 Å². The summed E-state index contributed by atoms with van der Waals surface area (Å²) in [4.78, 5) is 13.9. The topological polar surface area (TPSA) is 20.3 Å². The lowest BCUT2D eigenvalue weighted by Crippen LogP contribution is -2.36. The second-order valence-corrected chi connectivity index (χ2v) is 5.81. The van der Waals surface area contributed by atoms with Gasteiger partial charge in [-0.25, -0.2) is 0 Å². The van der Waals surface area contributed by atoms with Gasteiger partial charge in [0.05, 0.1) is 0 Å². The summed E-state index contributed by atoms with van der Waals surface area (Å²) in [6.07, 6.45) is 5.81. The summed E-state index contributed by atoms with van der Waals surface area (Å²) in [6, 6.07) is 7.94. The molecule has 0 unspecified atom stereocenters. The van der Waals surface area contributed by atoms with E-state index in [0.29, 0.717) is 0 Å². The van der Waals surface area contributed by atoms with Gasteiger partial charge in [0.1, 0.15) is 0 Å². The molecule has 3 heteroatoms. The van der Waals surface area contributed by atoms with Gasteiger partial charge in [-0.3, -0.25) is 4.79 Å².